The van der Waals surface area contributed by atoms with Crippen LogP contribution in [0.4, 0.5) is 5.82 Å². The fourth-order valence-corrected chi connectivity index (χ4v) is 4.41. The van der Waals surface area contributed by atoms with Crippen LogP contribution in [-0.4, -0.2) is 39.3 Å². The quantitative estimate of drug-likeness (QED) is 0.622. The van der Waals surface area contributed by atoms with Crippen molar-refractivity contribution in [2.45, 2.75) is 32.1 Å². The number of benzene rings is 2. The van der Waals surface area contributed by atoms with Gasteiger partial charge in [-0.3, -0.25) is 4.79 Å². The third-order valence-corrected chi connectivity index (χ3v) is 6.08. The molecule has 2 aromatic carbocycles. The molecule has 6 nitrogen and oxygen atoms in total. The van der Waals surface area contributed by atoms with Crippen molar-refractivity contribution in [2.24, 2.45) is 5.92 Å². The number of hydrogen-bond acceptors (Lipinski definition) is 6. The molecule has 3 aliphatic rings. The van der Waals surface area contributed by atoms with Crippen LogP contribution in [0.2, 0.25) is 0 Å². The van der Waals surface area contributed by atoms with E-state index in [1.165, 1.54) is 22.3 Å². The van der Waals surface area contributed by atoms with E-state index in [9.17, 15) is 4.79 Å². The van der Waals surface area contributed by atoms with E-state index in [0.29, 0.717) is 24.4 Å². The molecule has 0 aliphatic carbocycles. The molecule has 152 valence electrons. The number of hydrogen-bond donors (Lipinski definition) is 1. The number of anilines is 1. The summed E-state index contributed by atoms with van der Waals surface area (Å²) in [5.41, 5.74) is 8.98. The van der Waals surface area contributed by atoms with E-state index in [1.54, 1.807) is 0 Å². The lowest BCUT2D eigenvalue weighted by atomic mass is 9.89. The Labute approximate surface area is 176 Å². The van der Waals surface area contributed by atoms with E-state index in [4.69, 9.17) is 0 Å². The third kappa shape index (κ3) is 4.24. The van der Waals surface area contributed by atoms with E-state index in [0.717, 1.165) is 38.0 Å². The van der Waals surface area contributed by atoms with E-state index in [-0.39, 0.29) is 5.92 Å². The van der Waals surface area contributed by atoms with Gasteiger partial charge >= 0.3 is 0 Å². The second-order valence-corrected chi connectivity index (χ2v) is 8.23. The van der Waals surface area contributed by atoms with Crippen molar-refractivity contribution in [3.05, 3.63) is 71.4 Å². The molecular formula is C24H25N5O. The Balaban J connectivity index is 1.50. The standard InChI is InChI=1S/C24H25N5O/c30-23-8-7-17-3-1-5-20(13-17)21-6-2-4-18(14-21)15-22-16-24(26-28-25-22)27-29-11-9-19(23)10-12-29/h1-6,13-14,16,19H,7-12,15H2,(H,25,26,27). The molecule has 1 saturated heterocycles. The number of aromatic nitrogens is 3. The smallest absolute Gasteiger partial charge is 0.166 e. The fraction of sp³-hybridized carbons (Fsp3) is 0.333. The molecule has 0 spiro atoms. The van der Waals surface area contributed by atoms with Gasteiger partial charge in [0.05, 0.1) is 5.69 Å². The van der Waals surface area contributed by atoms with Gasteiger partial charge in [0.15, 0.2) is 5.82 Å². The predicted molar refractivity (Wildman–Crippen MR) is 116 cm³/mol. The van der Waals surface area contributed by atoms with Crippen LogP contribution in [-0.2, 0) is 17.6 Å². The lowest BCUT2D eigenvalue weighted by molar-refractivity contribution is -0.124. The molecule has 4 heterocycles. The first kappa shape index (κ1) is 18.9. The zero-order chi connectivity index (χ0) is 20.3. The van der Waals surface area contributed by atoms with Gasteiger partial charge in [0.1, 0.15) is 5.78 Å². The Hall–Kier alpha value is -3.12. The number of ketones is 1. The topological polar surface area (TPSA) is 71.0 Å². The number of rotatable bonds is 0. The lowest BCUT2D eigenvalue weighted by Crippen LogP contribution is -2.40. The average molecular weight is 399 g/mol. The van der Waals surface area contributed by atoms with Crippen LogP contribution in [0.15, 0.2) is 54.6 Å². The number of Topliss-reactive ketones (excluding diaryl/α,β-unsaturated/α-hetero) is 1. The lowest BCUT2D eigenvalue weighted by Gasteiger charge is -2.31. The molecule has 3 aromatic rings. The second kappa shape index (κ2) is 8.32. The average Bonchev–Trinajstić information content (AvgIpc) is 2.78. The third-order valence-electron chi connectivity index (χ3n) is 6.08. The molecule has 0 saturated carbocycles. The van der Waals surface area contributed by atoms with Gasteiger partial charge in [0, 0.05) is 37.9 Å². The summed E-state index contributed by atoms with van der Waals surface area (Å²) in [6.45, 7) is 1.65. The van der Waals surface area contributed by atoms with Crippen molar-refractivity contribution in [2.75, 3.05) is 18.5 Å². The number of nitrogens with one attached hydrogen (secondary N) is 1. The summed E-state index contributed by atoms with van der Waals surface area (Å²) in [7, 11) is 0. The molecule has 0 unspecified atom stereocenters. The summed E-state index contributed by atoms with van der Waals surface area (Å²) >= 11 is 0. The summed E-state index contributed by atoms with van der Waals surface area (Å²) in [5, 5.41) is 14.4. The molecule has 1 N–H and O–H groups in total. The highest BCUT2D eigenvalue weighted by molar-refractivity contribution is 5.81. The van der Waals surface area contributed by atoms with Crippen molar-refractivity contribution < 1.29 is 4.79 Å². The number of carbonyl (C=O) groups excluding carboxylic acids is 1. The van der Waals surface area contributed by atoms with Gasteiger partial charge in [0.25, 0.3) is 0 Å². The molecule has 30 heavy (non-hydrogen) atoms. The molecule has 6 rings (SSSR count). The van der Waals surface area contributed by atoms with E-state index < -0.39 is 0 Å². The Morgan fingerprint density at radius 2 is 1.60 bits per heavy atom. The molecule has 1 aromatic heterocycles. The maximum Gasteiger partial charge on any atom is 0.166 e. The minimum atomic E-state index is 0.154. The first-order chi connectivity index (χ1) is 14.7. The monoisotopic (exact) mass is 399 g/mol. The van der Waals surface area contributed by atoms with Gasteiger partial charge in [-0.2, -0.15) is 0 Å². The van der Waals surface area contributed by atoms with Gasteiger partial charge < -0.3 is 5.43 Å². The van der Waals surface area contributed by atoms with Crippen LogP contribution in [0, 0.1) is 5.92 Å². The molecule has 6 heteroatoms. The summed E-state index contributed by atoms with van der Waals surface area (Å²) < 4.78 is 0. The van der Waals surface area contributed by atoms with Gasteiger partial charge in [-0.1, -0.05) is 48.5 Å². The predicted octanol–water partition coefficient (Wildman–Crippen LogP) is 3.68. The number of piperidine rings is 1. The van der Waals surface area contributed by atoms with Crippen LogP contribution >= 0.6 is 0 Å². The summed E-state index contributed by atoms with van der Waals surface area (Å²) in [6, 6.07) is 19.0. The maximum atomic E-state index is 12.8. The molecular weight excluding hydrogens is 374 g/mol. The highest BCUT2D eigenvalue weighted by Crippen LogP contribution is 2.25. The molecule has 0 amide bonds. The Kier molecular flexibility index (Phi) is 5.24. The largest absolute Gasteiger partial charge is 0.301 e. The highest BCUT2D eigenvalue weighted by atomic mass is 16.1. The number of nitrogens with zero attached hydrogens (tertiary/aromatic N) is 4. The number of carbonyl (C=O) groups is 1. The van der Waals surface area contributed by atoms with Crippen molar-refractivity contribution in [3.63, 3.8) is 0 Å². The number of aryl methyl sites for hydroxylation is 1. The first-order valence-corrected chi connectivity index (χ1v) is 10.6. The van der Waals surface area contributed by atoms with Gasteiger partial charge in [0.2, 0.25) is 0 Å². The Bertz CT molecular complexity index is 1060. The van der Waals surface area contributed by atoms with Gasteiger partial charge in [-0.15, -0.1) is 10.2 Å². The molecule has 0 atom stereocenters. The molecule has 0 radical (unpaired) electrons. The molecule has 1 fully saturated rings. The van der Waals surface area contributed by atoms with Crippen LogP contribution in [0.1, 0.15) is 36.1 Å². The van der Waals surface area contributed by atoms with Gasteiger partial charge in [-0.25, -0.2) is 5.01 Å². The Morgan fingerprint density at radius 1 is 0.867 bits per heavy atom. The zero-order valence-corrected chi connectivity index (χ0v) is 16.9. The summed E-state index contributed by atoms with van der Waals surface area (Å²) in [6.07, 6.45) is 3.87. The minimum absolute atomic E-state index is 0.154. The maximum absolute atomic E-state index is 12.8. The normalized spacial score (nSPS) is 21.4. The van der Waals surface area contributed by atoms with E-state index >= 15 is 0 Å². The molecule has 8 bridgehead atoms. The van der Waals surface area contributed by atoms with Crippen molar-refractivity contribution in [1.82, 2.24) is 20.4 Å². The summed E-state index contributed by atoms with van der Waals surface area (Å²) in [4.78, 5) is 12.8. The highest BCUT2D eigenvalue weighted by Gasteiger charge is 2.25. The van der Waals surface area contributed by atoms with Crippen LogP contribution in [0.25, 0.3) is 11.1 Å². The SMILES string of the molecule is O=C1CCc2cccc(c2)-c2cccc(c2)Cc2cc(nnn2)NN2CCC1CC2. The van der Waals surface area contributed by atoms with Crippen molar-refractivity contribution >= 4 is 11.6 Å². The fourth-order valence-electron chi connectivity index (χ4n) is 4.41. The van der Waals surface area contributed by atoms with Crippen LogP contribution in [0.5, 0.6) is 0 Å². The number of fused-ring (bicyclic) bond motifs is 4. The minimum Gasteiger partial charge on any atom is -0.301 e. The second-order valence-electron chi connectivity index (χ2n) is 8.23. The van der Waals surface area contributed by atoms with Crippen LogP contribution < -0.4 is 5.43 Å². The first-order valence-electron chi connectivity index (χ1n) is 10.6. The van der Waals surface area contributed by atoms with Crippen LogP contribution in [0.3, 0.4) is 0 Å². The zero-order valence-electron chi connectivity index (χ0n) is 16.9. The van der Waals surface area contributed by atoms with Gasteiger partial charge in [-0.05, 0) is 46.7 Å². The summed E-state index contributed by atoms with van der Waals surface area (Å²) in [5.74, 6) is 1.24. The Morgan fingerprint density at radius 3 is 2.40 bits per heavy atom. The van der Waals surface area contributed by atoms with Crippen molar-refractivity contribution in [3.8, 4) is 11.1 Å². The molecule has 3 aliphatic heterocycles. The van der Waals surface area contributed by atoms with Crippen molar-refractivity contribution in [1.29, 1.82) is 0 Å². The van der Waals surface area contributed by atoms with E-state index in [2.05, 4.69) is 74.4 Å². The number of hydrazine groups is 1. The van der Waals surface area contributed by atoms with E-state index in [1.807, 2.05) is 6.07 Å².